The SMILES string of the molecule is CC/C=C/CCCCC(CCCCCC)C(=O)NCCCCCCCCCC(CCCCCCCCCOC(=O)C(CCCCCC)CCCCCCCC)OC(=O)CCCCN(C)C. The minimum atomic E-state index is -0.0191. The van der Waals surface area contributed by atoms with Crippen LogP contribution in [0.3, 0.4) is 0 Å². The van der Waals surface area contributed by atoms with Crippen LogP contribution in [0.15, 0.2) is 12.2 Å². The highest BCUT2D eigenvalue weighted by Gasteiger charge is 2.20. The van der Waals surface area contributed by atoms with E-state index in [2.05, 4.69) is 64.2 Å². The van der Waals surface area contributed by atoms with E-state index in [1.54, 1.807) is 0 Å². The standard InChI is InChI=1S/C58H112N2O5/c1-7-11-15-19-27-35-44-53(43-33-17-13-9-3)57(62)59-50-40-31-25-21-23-29-37-47-55(65-56(61)49-39-41-51-60(5)6)48-38-30-24-22-26-32-42-52-64-58(63)54(45-34-18-14-10-4)46-36-28-20-16-12-8-2/h11,15,53-55H,7-10,12-14,16-52H2,1-6H3,(H,59,62)/b15-11+. The molecule has 0 spiro atoms. The number of nitrogens with one attached hydrogen (secondary N) is 1. The largest absolute Gasteiger partial charge is 0.465 e. The Morgan fingerprint density at radius 1 is 0.477 bits per heavy atom. The highest BCUT2D eigenvalue weighted by Crippen LogP contribution is 2.23. The van der Waals surface area contributed by atoms with Gasteiger partial charge in [0.05, 0.1) is 12.5 Å². The molecule has 0 aliphatic rings. The van der Waals surface area contributed by atoms with E-state index in [1.807, 2.05) is 0 Å². The maximum Gasteiger partial charge on any atom is 0.308 e. The lowest BCUT2D eigenvalue weighted by molar-refractivity contribution is -0.150. The van der Waals surface area contributed by atoms with E-state index >= 15 is 0 Å². The number of hydrogen-bond acceptors (Lipinski definition) is 6. The van der Waals surface area contributed by atoms with Crippen LogP contribution in [0.2, 0.25) is 0 Å². The summed E-state index contributed by atoms with van der Waals surface area (Å²) in [7, 11) is 4.16. The van der Waals surface area contributed by atoms with Crippen LogP contribution < -0.4 is 5.32 Å². The van der Waals surface area contributed by atoms with E-state index < -0.39 is 0 Å². The molecular weight excluding hydrogens is 805 g/mol. The van der Waals surface area contributed by atoms with Crippen molar-refractivity contribution in [3.05, 3.63) is 12.2 Å². The summed E-state index contributed by atoms with van der Waals surface area (Å²) in [5.41, 5.74) is 0. The van der Waals surface area contributed by atoms with Crippen LogP contribution in [0, 0.1) is 11.8 Å². The Balaban J connectivity index is 4.46. The normalized spacial score (nSPS) is 13.1. The molecule has 65 heavy (non-hydrogen) atoms. The van der Waals surface area contributed by atoms with Crippen molar-refractivity contribution >= 4 is 17.8 Å². The number of hydrogen-bond donors (Lipinski definition) is 1. The number of allylic oxidation sites excluding steroid dienone is 2. The summed E-state index contributed by atoms with van der Waals surface area (Å²) in [6.45, 7) is 11.3. The first-order chi connectivity index (χ1) is 31.8. The average molecular weight is 918 g/mol. The molecule has 3 unspecified atom stereocenters. The van der Waals surface area contributed by atoms with Crippen LogP contribution in [-0.4, -0.2) is 62.6 Å². The molecule has 0 saturated heterocycles. The molecule has 0 fully saturated rings. The van der Waals surface area contributed by atoms with Gasteiger partial charge in [-0.25, -0.2) is 0 Å². The van der Waals surface area contributed by atoms with Crippen molar-refractivity contribution in [3.63, 3.8) is 0 Å². The first-order valence-electron chi connectivity index (χ1n) is 28.7. The van der Waals surface area contributed by atoms with Crippen LogP contribution in [0.4, 0.5) is 0 Å². The van der Waals surface area contributed by atoms with Gasteiger partial charge < -0.3 is 19.7 Å². The highest BCUT2D eigenvalue weighted by molar-refractivity contribution is 5.78. The molecular formula is C58H112N2O5. The van der Waals surface area contributed by atoms with E-state index in [1.165, 1.54) is 141 Å². The molecule has 7 heteroatoms. The molecule has 0 aromatic rings. The Bertz CT molecular complexity index is 1060. The summed E-state index contributed by atoms with van der Waals surface area (Å²) >= 11 is 0. The van der Waals surface area contributed by atoms with Crippen LogP contribution in [0.25, 0.3) is 0 Å². The topological polar surface area (TPSA) is 84.9 Å². The van der Waals surface area contributed by atoms with Gasteiger partial charge >= 0.3 is 11.9 Å². The van der Waals surface area contributed by atoms with Crippen LogP contribution in [0.1, 0.15) is 291 Å². The minimum Gasteiger partial charge on any atom is -0.465 e. The summed E-state index contributed by atoms with van der Waals surface area (Å²) in [6.07, 6.45) is 51.2. The quantitative estimate of drug-likeness (QED) is 0.0372. The molecule has 0 radical (unpaired) electrons. The zero-order chi connectivity index (χ0) is 47.7. The summed E-state index contributed by atoms with van der Waals surface area (Å²) in [6, 6.07) is 0. The number of amides is 1. The number of nitrogens with zero attached hydrogens (tertiary/aromatic N) is 1. The van der Waals surface area contributed by atoms with Gasteiger partial charge in [-0.3, -0.25) is 14.4 Å². The number of unbranched alkanes of at least 4 members (excludes halogenated alkanes) is 26. The van der Waals surface area contributed by atoms with E-state index in [-0.39, 0.29) is 35.8 Å². The molecule has 0 aliphatic carbocycles. The molecule has 1 N–H and O–H groups in total. The number of rotatable bonds is 51. The fraction of sp³-hybridized carbons (Fsp3) is 0.914. The van der Waals surface area contributed by atoms with Crippen LogP contribution in [-0.2, 0) is 23.9 Å². The van der Waals surface area contributed by atoms with Crippen molar-refractivity contribution in [2.75, 3.05) is 33.8 Å². The number of esters is 2. The molecule has 3 atom stereocenters. The van der Waals surface area contributed by atoms with Gasteiger partial charge in [-0.1, -0.05) is 200 Å². The van der Waals surface area contributed by atoms with Gasteiger partial charge in [-0.2, -0.15) is 0 Å². The van der Waals surface area contributed by atoms with Gasteiger partial charge in [0.1, 0.15) is 6.10 Å². The summed E-state index contributed by atoms with van der Waals surface area (Å²) in [4.78, 5) is 41.1. The fourth-order valence-electron chi connectivity index (χ4n) is 9.12. The smallest absolute Gasteiger partial charge is 0.308 e. The Morgan fingerprint density at radius 2 is 0.923 bits per heavy atom. The zero-order valence-electron chi connectivity index (χ0n) is 44.5. The van der Waals surface area contributed by atoms with Crippen molar-refractivity contribution in [1.29, 1.82) is 0 Å². The third kappa shape index (κ3) is 44.4. The molecule has 0 bridgehead atoms. The van der Waals surface area contributed by atoms with Gasteiger partial charge in [-0.05, 0) is 117 Å². The first kappa shape index (κ1) is 63.1. The molecule has 0 saturated carbocycles. The lowest BCUT2D eigenvalue weighted by atomic mass is 9.93. The summed E-state index contributed by atoms with van der Waals surface area (Å²) in [5.74, 6) is 0.593. The zero-order valence-corrected chi connectivity index (χ0v) is 44.5. The molecule has 0 heterocycles. The molecule has 0 aromatic carbocycles. The van der Waals surface area contributed by atoms with Crippen molar-refractivity contribution < 1.29 is 23.9 Å². The molecule has 7 nitrogen and oxygen atoms in total. The molecule has 0 aliphatic heterocycles. The average Bonchev–Trinajstić information content (AvgIpc) is 3.29. The van der Waals surface area contributed by atoms with E-state index in [0.29, 0.717) is 13.0 Å². The van der Waals surface area contributed by atoms with Gasteiger partial charge in [0.15, 0.2) is 0 Å². The van der Waals surface area contributed by atoms with Crippen LogP contribution >= 0.6 is 0 Å². The molecule has 1 amide bonds. The third-order valence-electron chi connectivity index (χ3n) is 13.4. The second kappa shape index (κ2) is 50.0. The van der Waals surface area contributed by atoms with E-state index in [4.69, 9.17) is 9.47 Å². The Morgan fingerprint density at radius 3 is 1.45 bits per heavy atom. The maximum absolute atomic E-state index is 13.1. The first-order valence-corrected chi connectivity index (χ1v) is 28.7. The third-order valence-corrected chi connectivity index (χ3v) is 13.4. The molecule has 384 valence electrons. The monoisotopic (exact) mass is 917 g/mol. The van der Waals surface area contributed by atoms with Gasteiger partial charge in [-0.15, -0.1) is 0 Å². The summed E-state index contributed by atoms with van der Waals surface area (Å²) in [5, 5.41) is 3.29. The molecule has 0 rings (SSSR count). The Labute approximate surface area is 405 Å². The second-order valence-corrected chi connectivity index (χ2v) is 20.2. The Kier molecular flexibility index (Phi) is 48.5. The number of carbonyl (C=O) groups is 3. The van der Waals surface area contributed by atoms with Crippen molar-refractivity contribution in [2.24, 2.45) is 11.8 Å². The van der Waals surface area contributed by atoms with Crippen LogP contribution in [0.5, 0.6) is 0 Å². The Hall–Kier alpha value is -1.89. The summed E-state index contributed by atoms with van der Waals surface area (Å²) < 4.78 is 11.9. The van der Waals surface area contributed by atoms with Gasteiger partial charge in [0, 0.05) is 18.9 Å². The highest BCUT2D eigenvalue weighted by atomic mass is 16.5. The predicted octanol–water partition coefficient (Wildman–Crippen LogP) is 17.0. The maximum atomic E-state index is 13.1. The minimum absolute atomic E-state index is 0.0191. The lowest BCUT2D eigenvalue weighted by Crippen LogP contribution is -2.31. The number of carbonyl (C=O) groups excluding carboxylic acids is 3. The number of ether oxygens (including phenoxy) is 2. The lowest BCUT2D eigenvalue weighted by Gasteiger charge is -2.18. The van der Waals surface area contributed by atoms with Gasteiger partial charge in [0.25, 0.3) is 0 Å². The molecule has 0 aromatic heterocycles. The van der Waals surface area contributed by atoms with E-state index in [0.717, 1.165) is 129 Å². The predicted molar refractivity (Wildman–Crippen MR) is 281 cm³/mol. The van der Waals surface area contributed by atoms with Crippen molar-refractivity contribution in [2.45, 2.75) is 297 Å². The van der Waals surface area contributed by atoms with Gasteiger partial charge in [0.2, 0.25) is 5.91 Å². The second-order valence-electron chi connectivity index (χ2n) is 20.2. The van der Waals surface area contributed by atoms with Crippen molar-refractivity contribution in [3.8, 4) is 0 Å². The van der Waals surface area contributed by atoms with Crippen molar-refractivity contribution in [1.82, 2.24) is 10.2 Å². The van der Waals surface area contributed by atoms with E-state index in [9.17, 15) is 14.4 Å². The fourth-order valence-corrected chi connectivity index (χ4v) is 9.12.